The number of carbonyl (C=O) groups excluding carboxylic acids is 3. The number of fused-ring (bicyclic) bond motifs is 1. The molecule has 2 aliphatic rings. The van der Waals surface area contributed by atoms with Crippen LogP contribution in [0, 0.1) is 22.2 Å². The summed E-state index contributed by atoms with van der Waals surface area (Å²) >= 11 is 0. The van der Waals surface area contributed by atoms with Crippen LogP contribution in [0.5, 0.6) is 0 Å². The van der Waals surface area contributed by atoms with Crippen LogP contribution in [-0.4, -0.2) is 47.4 Å². The van der Waals surface area contributed by atoms with Gasteiger partial charge in [0.15, 0.2) is 0 Å². The number of amides is 3. The molecule has 1 saturated carbocycles. The fourth-order valence-electron chi connectivity index (χ4n) is 5.06. The average Bonchev–Trinajstić information content (AvgIpc) is 2.80. The van der Waals surface area contributed by atoms with E-state index in [1.807, 2.05) is 20.8 Å². The van der Waals surface area contributed by atoms with Gasteiger partial charge in [0.25, 0.3) is 0 Å². The van der Waals surface area contributed by atoms with Gasteiger partial charge in [-0.3, -0.25) is 14.4 Å². The lowest BCUT2D eigenvalue weighted by atomic mass is 9.82. The Morgan fingerprint density at radius 2 is 1.74 bits per heavy atom. The second kappa shape index (κ2) is 6.10. The molecular weight excluding hydrogens is 363 g/mol. The fourth-order valence-corrected chi connectivity index (χ4v) is 5.06. The number of alkyl halides is 3. The zero-order valence-corrected chi connectivity index (χ0v) is 16.5. The quantitative estimate of drug-likeness (QED) is 0.766. The highest BCUT2D eigenvalue weighted by Gasteiger charge is 2.79. The molecule has 2 rings (SSSR count). The first kappa shape index (κ1) is 21.5. The van der Waals surface area contributed by atoms with Gasteiger partial charge in [0.2, 0.25) is 11.8 Å². The van der Waals surface area contributed by atoms with E-state index in [-0.39, 0.29) is 17.9 Å². The van der Waals surface area contributed by atoms with Gasteiger partial charge in [-0.1, -0.05) is 41.5 Å². The average molecular weight is 391 g/mol. The molecule has 6 nitrogen and oxygen atoms in total. The Morgan fingerprint density at radius 3 is 2.11 bits per heavy atom. The summed E-state index contributed by atoms with van der Waals surface area (Å²) in [6.07, 6.45) is -4.48. The summed E-state index contributed by atoms with van der Waals surface area (Å²) in [5.74, 6) is -3.52. The smallest absolute Gasteiger partial charge is 0.368 e. The molecule has 2 fully saturated rings. The predicted molar refractivity (Wildman–Crippen MR) is 92.1 cm³/mol. The van der Waals surface area contributed by atoms with Crippen LogP contribution < -0.4 is 11.1 Å². The molecular formula is C18H28F3N3O3. The van der Waals surface area contributed by atoms with Crippen molar-refractivity contribution in [1.29, 1.82) is 0 Å². The maximum Gasteiger partial charge on any atom is 0.471 e. The third kappa shape index (κ3) is 3.08. The molecule has 0 aromatic rings. The molecule has 154 valence electrons. The minimum absolute atomic E-state index is 0.0374. The molecule has 0 aromatic carbocycles. The number of nitrogens with one attached hydrogen (secondary N) is 1. The van der Waals surface area contributed by atoms with Crippen LogP contribution in [-0.2, 0) is 14.4 Å². The topological polar surface area (TPSA) is 92.5 Å². The molecule has 0 bridgehead atoms. The number of nitrogens with two attached hydrogens (primary N) is 1. The first-order valence-electron chi connectivity index (χ1n) is 9.01. The number of hydrogen-bond donors (Lipinski definition) is 2. The van der Waals surface area contributed by atoms with Gasteiger partial charge in [-0.15, -0.1) is 0 Å². The van der Waals surface area contributed by atoms with Crippen molar-refractivity contribution in [3.8, 4) is 0 Å². The van der Waals surface area contributed by atoms with Crippen LogP contribution in [0.25, 0.3) is 0 Å². The van der Waals surface area contributed by atoms with E-state index >= 15 is 0 Å². The van der Waals surface area contributed by atoms with Crippen molar-refractivity contribution in [2.75, 3.05) is 6.54 Å². The zero-order chi connectivity index (χ0) is 21.2. The Balaban J connectivity index is 2.36. The second-order valence-corrected chi connectivity index (χ2v) is 9.23. The van der Waals surface area contributed by atoms with E-state index in [0.29, 0.717) is 6.42 Å². The van der Waals surface area contributed by atoms with E-state index < -0.39 is 46.8 Å². The lowest BCUT2D eigenvalue weighted by Crippen LogP contribution is -2.61. The molecule has 27 heavy (non-hydrogen) atoms. The summed E-state index contributed by atoms with van der Waals surface area (Å²) < 4.78 is 38.2. The molecule has 1 aliphatic carbocycles. The first-order valence-corrected chi connectivity index (χ1v) is 9.01. The first-order chi connectivity index (χ1) is 12.0. The van der Waals surface area contributed by atoms with Crippen molar-refractivity contribution in [1.82, 2.24) is 10.2 Å². The molecule has 0 spiro atoms. The third-order valence-corrected chi connectivity index (χ3v) is 6.57. The van der Waals surface area contributed by atoms with Gasteiger partial charge in [-0.05, 0) is 23.2 Å². The highest BCUT2D eigenvalue weighted by Crippen LogP contribution is 2.76. The summed E-state index contributed by atoms with van der Waals surface area (Å²) in [4.78, 5) is 38.1. The molecule has 1 aliphatic heterocycles. The maximum atomic E-state index is 13.1. The number of rotatable bonds is 4. The number of piperidine rings is 1. The number of carbonyl (C=O) groups is 3. The van der Waals surface area contributed by atoms with Gasteiger partial charge in [0.1, 0.15) is 12.1 Å². The van der Waals surface area contributed by atoms with Gasteiger partial charge in [-0.25, -0.2) is 0 Å². The van der Waals surface area contributed by atoms with Gasteiger partial charge >= 0.3 is 12.1 Å². The van der Waals surface area contributed by atoms with Gasteiger partial charge in [0.05, 0.1) is 0 Å². The van der Waals surface area contributed by atoms with Crippen LogP contribution in [0.3, 0.4) is 0 Å². The number of likely N-dealkylation sites (tertiary alicyclic amines) is 1. The lowest BCUT2D eigenvalue weighted by molar-refractivity contribution is -0.176. The molecule has 3 N–H and O–H groups in total. The van der Waals surface area contributed by atoms with E-state index in [1.54, 1.807) is 26.1 Å². The standard InChI is InChI=1S/C18H28F3N3O3/c1-7-17-9(16(17,5)6)8-24(11(17)12(22)25)13(26)10(15(2,3)4)23-14(27)18(19,20)21/h9-11H,7-8H2,1-6H3,(H2,22,25)(H,23,27)/t9?,10-,11?,17?/m1/s1. The largest absolute Gasteiger partial charge is 0.471 e. The highest BCUT2D eigenvalue weighted by molar-refractivity contribution is 5.94. The number of halogens is 3. The Bertz CT molecular complexity index is 669. The van der Waals surface area contributed by atoms with Crippen LogP contribution >= 0.6 is 0 Å². The summed E-state index contributed by atoms with van der Waals surface area (Å²) in [5.41, 5.74) is 3.95. The lowest BCUT2D eigenvalue weighted by Gasteiger charge is -2.39. The van der Waals surface area contributed by atoms with Crippen LogP contribution in [0.15, 0.2) is 0 Å². The normalized spacial score (nSPS) is 30.5. The molecule has 0 aromatic heterocycles. The van der Waals surface area contributed by atoms with Crippen molar-refractivity contribution in [3.63, 3.8) is 0 Å². The second-order valence-electron chi connectivity index (χ2n) is 9.23. The van der Waals surface area contributed by atoms with Crippen molar-refractivity contribution < 1.29 is 27.6 Å². The summed E-state index contributed by atoms with van der Waals surface area (Å²) in [6, 6.07) is -2.33. The Labute approximate surface area is 157 Å². The van der Waals surface area contributed by atoms with E-state index in [2.05, 4.69) is 0 Å². The van der Waals surface area contributed by atoms with E-state index in [0.717, 1.165) is 0 Å². The molecule has 4 atom stereocenters. The monoisotopic (exact) mass is 391 g/mol. The molecule has 1 heterocycles. The van der Waals surface area contributed by atoms with Gasteiger partial charge < -0.3 is 16.0 Å². The SMILES string of the molecule is CCC12C(C(N)=O)N(C(=O)[C@@H](NC(=O)C(F)(F)F)C(C)(C)C)CC1C2(C)C. The number of primary amides is 1. The number of hydrogen-bond acceptors (Lipinski definition) is 3. The minimum Gasteiger partial charge on any atom is -0.368 e. The van der Waals surface area contributed by atoms with Crippen molar-refractivity contribution in [2.45, 2.75) is 66.2 Å². The molecule has 1 saturated heterocycles. The molecule has 3 unspecified atom stereocenters. The predicted octanol–water partition coefficient (Wildman–Crippen LogP) is 1.83. The molecule has 0 radical (unpaired) electrons. The minimum atomic E-state index is -5.10. The van der Waals surface area contributed by atoms with E-state index in [1.165, 1.54) is 4.90 Å². The van der Waals surface area contributed by atoms with Crippen LogP contribution in [0.2, 0.25) is 0 Å². The summed E-state index contributed by atoms with van der Waals surface area (Å²) in [6.45, 7) is 10.8. The summed E-state index contributed by atoms with van der Waals surface area (Å²) in [7, 11) is 0. The third-order valence-electron chi connectivity index (χ3n) is 6.57. The Hall–Kier alpha value is -1.80. The van der Waals surface area contributed by atoms with Crippen LogP contribution in [0.4, 0.5) is 13.2 Å². The van der Waals surface area contributed by atoms with Crippen molar-refractivity contribution in [3.05, 3.63) is 0 Å². The molecule has 9 heteroatoms. The van der Waals surface area contributed by atoms with E-state index in [4.69, 9.17) is 5.73 Å². The maximum absolute atomic E-state index is 13.1. The molecule has 3 amide bonds. The van der Waals surface area contributed by atoms with Gasteiger partial charge in [0, 0.05) is 12.0 Å². The highest BCUT2D eigenvalue weighted by atomic mass is 19.4. The zero-order valence-electron chi connectivity index (χ0n) is 16.5. The van der Waals surface area contributed by atoms with Crippen molar-refractivity contribution in [2.24, 2.45) is 27.9 Å². The Morgan fingerprint density at radius 1 is 1.22 bits per heavy atom. The van der Waals surface area contributed by atoms with Crippen molar-refractivity contribution >= 4 is 17.7 Å². The van der Waals surface area contributed by atoms with Crippen LogP contribution in [0.1, 0.15) is 48.0 Å². The number of nitrogens with zero attached hydrogens (tertiary/aromatic N) is 1. The summed E-state index contributed by atoms with van der Waals surface area (Å²) in [5, 5.41) is 1.81. The Kier molecular flexibility index (Phi) is 4.86. The van der Waals surface area contributed by atoms with Gasteiger partial charge in [-0.2, -0.15) is 13.2 Å². The fraction of sp³-hybridized carbons (Fsp3) is 0.833. The van der Waals surface area contributed by atoms with E-state index in [9.17, 15) is 27.6 Å².